The summed E-state index contributed by atoms with van der Waals surface area (Å²) in [6.07, 6.45) is 0.0811. The van der Waals surface area contributed by atoms with Crippen molar-refractivity contribution in [3.63, 3.8) is 0 Å². The average molecular weight is 361 g/mol. The molecule has 0 spiro atoms. The van der Waals surface area contributed by atoms with E-state index in [4.69, 9.17) is 4.74 Å². The lowest BCUT2D eigenvalue weighted by atomic mass is 10.00. The number of hydrogen-bond acceptors (Lipinski definition) is 2. The van der Waals surface area contributed by atoms with E-state index in [1.807, 2.05) is 56.3 Å². The van der Waals surface area contributed by atoms with Crippen molar-refractivity contribution in [2.75, 3.05) is 0 Å². The molecule has 1 amide bonds. The van der Waals surface area contributed by atoms with Crippen LogP contribution in [0.1, 0.15) is 43.0 Å². The quantitative estimate of drug-likeness (QED) is 0.630. The second kappa shape index (κ2) is 8.26. The molecule has 2 atom stereocenters. The summed E-state index contributed by atoms with van der Waals surface area (Å²) in [7, 11) is 0. The molecule has 0 fully saturated rings. The molecule has 3 rings (SSSR count). The molecule has 0 aliphatic heterocycles. The fraction of sp³-hybridized carbons (Fsp3) is 0.292. The van der Waals surface area contributed by atoms with Gasteiger partial charge in [-0.25, -0.2) is 0 Å². The van der Waals surface area contributed by atoms with Crippen molar-refractivity contribution in [2.45, 2.75) is 46.3 Å². The number of carbonyl (C=O) groups is 1. The molecule has 0 aromatic heterocycles. The van der Waals surface area contributed by atoms with Crippen LogP contribution in [0.15, 0.2) is 60.7 Å². The lowest BCUT2D eigenvalue weighted by molar-refractivity contribution is -0.128. The molecule has 3 heteroatoms. The molecular weight excluding hydrogens is 334 g/mol. The van der Waals surface area contributed by atoms with E-state index in [0.29, 0.717) is 6.42 Å². The van der Waals surface area contributed by atoms with Crippen LogP contribution in [0.25, 0.3) is 10.8 Å². The van der Waals surface area contributed by atoms with Crippen LogP contribution in [0.4, 0.5) is 0 Å². The van der Waals surface area contributed by atoms with Crippen LogP contribution < -0.4 is 10.1 Å². The van der Waals surface area contributed by atoms with E-state index in [9.17, 15) is 4.79 Å². The Bertz CT molecular complexity index is 943. The summed E-state index contributed by atoms with van der Waals surface area (Å²) in [6, 6.07) is 20.2. The van der Waals surface area contributed by atoms with E-state index in [1.165, 1.54) is 11.1 Å². The van der Waals surface area contributed by atoms with Gasteiger partial charge in [-0.1, -0.05) is 67.1 Å². The van der Waals surface area contributed by atoms with Gasteiger partial charge in [-0.3, -0.25) is 4.79 Å². The Morgan fingerprint density at radius 3 is 2.56 bits per heavy atom. The zero-order chi connectivity index (χ0) is 19.4. The molecule has 0 bridgehead atoms. The summed E-state index contributed by atoms with van der Waals surface area (Å²) in [5.74, 6) is 0.660. The first kappa shape index (κ1) is 19.0. The van der Waals surface area contributed by atoms with E-state index in [0.717, 1.165) is 22.1 Å². The number of nitrogens with one attached hydrogen (secondary N) is 1. The molecule has 0 saturated heterocycles. The second-order valence-electron chi connectivity index (χ2n) is 7.08. The van der Waals surface area contributed by atoms with E-state index in [-0.39, 0.29) is 11.9 Å². The van der Waals surface area contributed by atoms with Crippen LogP contribution in [0.5, 0.6) is 5.75 Å². The highest BCUT2D eigenvalue weighted by Gasteiger charge is 2.22. The van der Waals surface area contributed by atoms with Crippen molar-refractivity contribution >= 4 is 16.7 Å². The number of carbonyl (C=O) groups excluding carboxylic acids is 1. The van der Waals surface area contributed by atoms with Crippen molar-refractivity contribution in [2.24, 2.45) is 0 Å². The van der Waals surface area contributed by atoms with Gasteiger partial charge < -0.3 is 10.1 Å². The van der Waals surface area contributed by atoms with Gasteiger partial charge >= 0.3 is 0 Å². The number of benzene rings is 3. The zero-order valence-corrected chi connectivity index (χ0v) is 16.5. The van der Waals surface area contributed by atoms with Crippen LogP contribution in [0.2, 0.25) is 0 Å². The van der Waals surface area contributed by atoms with E-state index >= 15 is 0 Å². The molecule has 0 radical (unpaired) electrons. The van der Waals surface area contributed by atoms with Crippen LogP contribution >= 0.6 is 0 Å². The monoisotopic (exact) mass is 361 g/mol. The largest absolute Gasteiger partial charge is 0.480 e. The fourth-order valence-corrected chi connectivity index (χ4v) is 3.38. The van der Waals surface area contributed by atoms with Gasteiger partial charge in [0.05, 0.1) is 6.04 Å². The summed E-state index contributed by atoms with van der Waals surface area (Å²) < 4.78 is 6.12. The maximum atomic E-state index is 12.9. The predicted octanol–water partition coefficient (Wildman–Crippen LogP) is 5.49. The van der Waals surface area contributed by atoms with E-state index in [2.05, 4.69) is 37.4 Å². The number of ether oxygens (including phenoxy) is 1. The summed E-state index contributed by atoms with van der Waals surface area (Å²) in [4.78, 5) is 12.9. The van der Waals surface area contributed by atoms with Crippen molar-refractivity contribution in [3.05, 3.63) is 77.4 Å². The molecule has 0 heterocycles. The third-order valence-electron chi connectivity index (χ3n) is 4.94. The summed E-state index contributed by atoms with van der Waals surface area (Å²) in [5, 5.41) is 5.25. The molecule has 3 aromatic rings. The van der Waals surface area contributed by atoms with Gasteiger partial charge in [0.2, 0.25) is 0 Å². The number of amides is 1. The summed E-state index contributed by atoms with van der Waals surface area (Å²) in [6.45, 7) is 8.12. The molecule has 0 saturated carbocycles. The Morgan fingerprint density at radius 1 is 1.04 bits per heavy atom. The van der Waals surface area contributed by atoms with E-state index < -0.39 is 6.10 Å². The molecule has 3 nitrogen and oxygen atoms in total. The molecule has 0 aliphatic carbocycles. The molecule has 0 aliphatic rings. The smallest absolute Gasteiger partial charge is 0.261 e. The molecule has 140 valence electrons. The minimum absolute atomic E-state index is 0.0671. The minimum atomic E-state index is -0.525. The van der Waals surface area contributed by atoms with Crippen LogP contribution in [0, 0.1) is 13.8 Å². The van der Waals surface area contributed by atoms with Crippen LogP contribution in [-0.4, -0.2) is 12.0 Å². The van der Waals surface area contributed by atoms with Gasteiger partial charge in [0, 0.05) is 5.39 Å². The Morgan fingerprint density at radius 2 is 1.78 bits per heavy atom. The standard InChI is InChI=1S/C24H27NO2/c1-5-22(27-23-12-8-10-19-9-6-7-11-20(19)23)24(26)25-18(4)21-15-16(2)13-14-17(21)3/h6-15,18,22H,5H2,1-4H3,(H,25,26)/t18-,22-/m1/s1. The van der Waals surface area contributed by atoms with Gasteiger partial charge in [-0.05, 0) is 49.8 Å². The van der Waals surface area contributed by atoms with Crippen molar-refractivity contribution in [1.29, 1.82) is 0 Å². The molecule has 27 heavy (non-hydrogen) atoms. The highest BCUT2D eigenvalue weighted by molar-refractivity contribution is 5.89. The molecule has 3 aromatic carbocycles. The number of rotatable bonds is 6. The summed E-state index contributed by atoms with van der Waals surface area (Å²) >= 11 is 0. The normalized spacial score (nSPS) is 13.2. The second-order valence-corrected chi connectivity index (χ2v) is 7.08. The highest BCUT2D eigenvalue weighted by Crippen LogP contribution is 2.27. The summed E-state index contributed by atoms with van der Waals surface area (Å²) in [5.41, 5.74) is 3.51. The Hall–Kier alpha value is -2.81. The molecule has 0 unspecified atom stereocenters. The lowest BCUT2D eigenvalue weighted by Gasteiger charge is -2.22. The maximum Gasteiger partial charge on any atom is 0.261 e. The Balaban J connectivity index is 1.77. The van der Waals surface area contributed by atoms with Gasteiger partial charge in [0.25, 0.3) is 5.91 Å². The Kier molecular flexibility index (Phi) is 5.80. The third-order valence-corrected chi connectivity index (χ3v) is 4.94. The van der Waals surface area contributed by atoms with Gasteiger partial charge in [0.15, 0.2) is 6.10 Å². The van der Waals surface area contributed by atoms with Crippen LogP contribution in [-0.2, 0) is 4.79 Å². The highest BCUT2D eigenvalue weighted by atomic mass is 16.5. The Labute approximate surface area is 161 Å². The van der Waals surface area contributed by atoms with Crippen molar-refractivity contribution in [3.8, 4) is 5.75 Å². The lowest BCUT2D eigenvalue weighted by Crippen LogP contribution is -2.39. The fourth-order valence-electron chi connectivity index (χ4n) is 3.38. The van der Waals surface area contributed by atoms with Gasteiger partial charge in [-0.15, -0.1) is 0 Å². The first-order valence-electron chi connectivity index (χ1n) is 9.51. The van der Waals surface area contributed by atoms with E-state index in [1.54, 1.807) is 0 Å². The third kappa shape index (κ3) is 4.30. The average Bonchev–Trinajstić information content (AvgIpc) is 2.67. The topological polar surface area (TPSA) is 38.3 Å². The maximum absolute atomic E-state index is 12.9. The SMILES string of the molecule is CC[C@@H](Oc1cccc2ccccc12)C(=O)N[C@H](C)c1cc(C)ccc1C. The number of fused-ring (bicyclic) bond motifs is 1. The zero-order valence-electron chi connectivity index (χ0n) is 16.5. The first-order valence-corrected chi connectivity index (χ1v) is 9.51. The number of hydrogen-bond donors (Lipinski definition) is 1. The molecular formula is C24H27NO2. The van der Waals surface area contributed by atoms with Gasteiger partial charge in [-0.2, -0.15) is 0 Å². The molecule has 1 N–H and O–H groups in total. The van der Waals surface area contributed by atoms with Crippen LogP contribution in [0.3, 0.4) is 0 Å². The first-order chi connectivity index (χ1) is 13.0. The van der Waals surface area contributed by atoms with Gasteiger partial charge in [0.1, 0.15) is 5.75 Å². The predicted molar refractivity (Wildman–Crippen MR) is 111 cm³/mol. The van der Waals surface area contributed by atoms with Crippen molar-refractivity contribution in [1.82, 2.24) is 5.32 Å². The van der Waals surface area contributed by atoms with Crippen molar-refractivity contribution < 1.29 is 9.53 Å². The minimum Gasteiger partial charge on any atom is -0.480 e. The number of aryl methyl sites for hydroxylation is 2.